The van der Waals surface area contributed by atoms with Gasteiger partial charge in [-0.2, -0.15) is 5.10 Å². The van der Waals surface area contributed by atoms with Crippen LogP contribution < -0.4 is 0 Å². The van der Waals surface area contributed by atoms with Crippen LogP contribution in [0, 0.1) is 0 Å². The van der Waals surface area contributed by atoms with Crippen molar-refractivity contribution in [3.63, 3.8) is 0 Å². The van der Waals surface area contributed by atoms with Gasteiger partial charge in [0.15, 0.2) is 5.65 Å². The highest BCUT2D eigenvalue weighted by atomic mass is 35.5. The van der Waals surface area contributed by atoms with Gasteiger partial charge in [0.1, 0.15) is 0 Å². The van der Waals surface area contributed by atoms with Crippen molar-refractivity contribution in [2.45, 2.75) is 6.42 Å². The molecule has 1 aromatic carbocycles. The van der Waals surface area contributed by atoms with Gasteiger partial charge < -0.3 is 5.11 Å². The maximum absolute atomic E-state index is 11.1. The molecule has 0 saturated heterocycles. The van der Waals surface area contributed by atoms with Crippen LogP contribution in [0.1, 0.15) is 5.56 Å². The number of carbonyl (C=O) groups is 1. The molecule has 1 N–H and O–H groups in total. The van der Waals surface area contributed by atoms with Crippen molar-refractivity contribution in [1.29, 1.82) is 0 Å². The number of carboxylic acid groups (broad SMARTS) is 1. The minimum Gasteiger partial charge on any atom is -0.481 e. The molecule has 0 saturated carbocycles. The van der Waals surface area contributed by atoms with Crippen molar-refractivity contribution >= 4 is 23.2 Å². The summed E-state index contributed by atoms with van der Waals surface area (Å²) in [6, 6.07) is 8.91. The molecule has 6 heteroatoms. The Kier molecular flexibility index (Phi) is 3.12. The zero-order chi connectivity index (χ0) is 14.1. The predicted octanol–water partition coefficient (Wildman–Crippen LogP) is 2.68. The van der Waals surface area contributed by atoms with E-state index < -0.39 is 5.97 Å². The summed E-state index contributed by atoms with van der Waals surface area (Å²) in [6.45, 7) is 0. The number of halogens is 1. The third kappa shape index (κ3) is 2.23. The SMILES string of the molecule is O=C(O)Cc1c(-c2cccc(Cl)c2)nn2cccnc12. The van der Waals surface area contributed by atoms with Crippen molar-refractivity contribution in [3.05, 3.63) is 53.3 Å². The van der Waals surface area contributed by atoms with Crippen LogP contribution in [0.5, 0.6) is 0 Å². The Morgan fingerprint density at radius 2 is 2.20 bits per heavy atom. The van der Waals surface area contributed by atoms with Gasteiger partial charge in [0.25, 0.3) is 0 Å². The maximum Gasteiger partial charge on any atom is 0.308 e. The van der Waals surface area contributed by atoms with Gasteiger partial charge in [-0.15, -0.1) is 0 Å². The third-order valence-electron chi connectivity index (χ3n) is 2.92. The van der Waals surface area contributed by atoms with E-state index in [9.17, 15) is 4.79 Å². The molecule has 0 unspecified atom stereocenters. The van der Waals surface area contributed by atoms with E-state index in [0.717, 1.165) is 5.56 Å². The lowest BCUT2D eigenvalue weighted by atomic mass is 10.1. The molecule has 5 nitrogen and oxygen atoms in total. The number of hydrogen-bond donors (Lipinski definition) is 1. The van der Waals surface area contributed by atoms with Gasteiger partial charge >= 0.3 is 5.97 Å². The molecule has 0 bridgehead atoms. The first-order chi connectivity index (χ1) is 9.65. The molecular weight excluding hydrogens is 278 g/mol. The van der Waals surface area contributed by atoms with Crippen LogP contribution in [-0.4, -0.2) is 25.7 Å². The molecule has 0 aliphatic rings. The molecule has 3 rings (SSSR count). The van der Waals surface area contributed by atoms with Gasteiger partial charge in [0.05, 0.1) is 12.1 Å². The largest absolute Gasteiger partial charge is 0.481 e. The summed E-state index contributed by atoms with van der Waals surface area (Å²) in [5.74, 6) is -0.922. The molecule has 0 fully saturated rings. The van der Waals surface area contributed by atoms with Crippen LogP contribution in [0.15, 0.2) is 42.7 Å². The lowest BCUT2D eigenvalue weighted by Gasteiger charge is -2.00. The fourth-order valence-corrected chi connectivity index (χ4v) is 2.31. The molecular formula is C14H10ClN3O2. The van der Waals surface area contributed by atoms with E-state index >= 15 is 0 Å². The number of aromatic nitrogens is 3. The van der Waals surface area contributed by atoms with Crippen molar-refractivity contribution in [1.82, 2.24) is 14.6 Å². The minimum atomic E-state index is -0.922. The Morgan fingerprint density at radius 1 is 1.35 bits per heavy atom. The zero-order valence-corrected chi connectivity index (χ0v) is 11.1. The number of carboxylic acids is 1. The third-order valence-corrected chi connectivity index (χ3v) is 3.15. The second kappa shape index (κ2) is 4.94. The summed E-state index contributed by atoms with van der Waals surface area (Å²) >= 11 is 5.99. The first-order valence-corrected chi connectivity index (χ1v) is 6.33. The molecule has 3 aromatic rings. The van der Waals surface area contributed by atoms with Gasteiger partial charge in [-0.3, -0.25) is 4.79 Å². The standard InChI is InChI=1S/C14H10ClN3O2/c15-10-4-1-3-9(7-10)13-11(8-12(19)20)14-16-5-2-6-18(14)17-13/h1-7H,8H2,(H,19,20). The van der Waals surface area contributed by atoms with Crippen LogP contribution in [0.2, 0.25) is 5.02 Å². The predicted molar refractivity (Wildman–Crippen MR) is 74.8 cm³/mol. The van der Waals surface area contributed by atoms with Gasteiger partial charge in [-0.05, 0) is 18.2 Å². The van der Waals surface area contributed by atoms with E-state index in [-0.39, 0.29) is 6.42 Å². The number of aliphatic carboxylic acids is 1. The quantitative estimate of drug-likeness (QED) is 0.804. The maximum atomic E-state index is 11.1. The molecule has 20 heavy (non-hydrogen) atoms. The molecule has 0 radical (unpaired) electrons. The van der Waals surface area contributed by atoms with E-state index in [1.54, 1.807) is 41.2 Å². The molecule has 100 valence electrons. The van der Waals surface area contributed by atoms with Crippen molar-refractivity contribution in [3.8, 4) is 11.3 Å². The molecule has 2 heterocycles. The fourth-order valence-electron chi connectivity index (χ4n) is 2.12. The summed E-state index contributed by atoms with van der Waals surface area (Å²) in [5.41, 5.74) is 2.50. The van der Waals surface area contributed by atoms with E-state index in [4.69, 9.17) is 16.7 Å². The number of rotatable bonds is 3. The molecule has 0 aliphatic heterocycles. The Bertz CT molecular complexity index is 798. The van der Waals surface area contributed by atoms with E-state index in [2.05, 4.69) is 10.1 Å². The molecule has 0 amide bonds. The highest BCUT2D eigenvalue weighted by Crippen LogP contribution is 2.27. The normalized spacial score (nSPS) is 10.8. The summed E-state index contributed by atoms with van der Waals surface area (Å²) in [5, 5.41) is 14.1. The molecule has 2 aromatic heterocycles. The van der Waals surface area contributed by atoms with Crippen LogP contribution >= 0.6 is 11.6 Å². The van der Waals surface area contributed by atoms with E-state index in [1.807, 2.05) is 6.07 Å². The topological polar surface area (TPSA) is 67.5 Å². The summed E-state index contributed by atoms with van der Waals surface area (Å²) in [7, 11) is 0. The van der Waals surface area contributed by atoms with Crippen molar-refractivity contribution in [2.75, 3.05) is 0 Å². The molecule has 0 spiro atoms. The average molecular weight is 288 g/mol. The summed E-state index contributed by atoms with van der Waals surface area (Å²) in [4.78, 5) is 15.3. The summed E-state index contributed by atoms with van der Waals surface area (Å²) in [6.07, 6.45) is 3.22. The zero-order valence-electron chi connectivity index (χ0n) is 10.3. The van der Waals surface area contributed by atoms with Crippen molar-refractivity contribution < 1.29 is 9.90 Å². The van der Waals surface area contributed by atoms with Crippen LogP contribution in [-0.2, 0) is 11.2 Å². The van der Waals surface area contributed by atoms with Crippen molar-refractivity contribution in [2.24, 2.45) is 0 Å². The van der Waals surface area contributed by atoms with Gasteiger partial charge in [0, 0.05) is 28.5 Å². The first-order valence-electron chi connectivity index (χ1n) is 5.95. The molecule has 0 atom stereocenters. The average Bonchev–Trinajstić information content (AvgIpc) is 2.77. The summed E-state index contributed by atoms with van der Waals surface area (Å²) < 4.78 is 1.58. The van der Waals surface area contributed by atoms with Gasteiger partial charge in [-0.25, -0.2) is 9.50 Å². The highest BCUT2D eigenvalue weighted by molar-refractivity contribution is 6.30. The molecule has 0 aliphatic carbocycles. The lowest BCUT2D eigenvalue weighted by Crippen LogP contribution is -2.01. The minimum absolute atomic E-state index is 0.137. The number of fused-ring (bicyclic) bond motifs is 1. The first kappa shape index (κ1) is 12.6. The van der Waals surface area contributed by atoms with Crippen LogP contribution in [0.25, 0.3) is 16.9 Å². The Hall–Kier alpha value is -2.40. The fraction of sp³-hybridized carbons (Fsp3) is 0.0714. The highest BCUT2D eigenvalue weighted by Gasteiger charge is 2.17. The second-order valence-electron chi connectivity index (χ2n) is 4.30. The monoisotopic (exact) mass is 287 g/mol. The number of nitrogens with zero attached hydrogens (tertiary/aromatic N) is 3. The smallest absolute Gasteiger partial charge is 0.308 e. The van der Waals surface area contributed by atoms with Crippen LogP contribution in [0.3, 0.4) is 0 Å². The van der Waals surface area contributed by atoms with E-state index in [0.29, 0.717) is 21.9 Å². The Balaban J connectivity index is 2.26. The lowest BCUT2D eigenvalue weighted by molar-refractivity contribution is -0.136. The van der Waals surface area contributed by atoms with Gasteiger partial charge in [0.2, 0.25) is 0 Å². The van der Waals surface area contributed by atoms with E-state index in [1.165, 1.54) is 0 Å². The number of benzene rings is 1. The Labute approximate surface area is 119 Å². The van der Waals surface area contributed by atoms with Crippen LogP contribution in [0.4, 0.5) is 0 Å². The Morgan fingerprint density at radius 3 is 2.95 bits per heavy atom. The second-order valence-corrected chi connectivity index (χ2v) is 4.73. The number of hydrogen-bond acceptors (Lipinski definition) is 3. The van der Waals surface area contributed by atoms with Gasteiger partial charge in [-0.1, -0.05) is 23.7 Å².